The van der Waals surface area contributed by atoms with E-state index in [0.717, 1.165) is 23.3 Å². The molecule has 0 atom stereocenters. The number of hydrogen-bond donors (Lipinski definition) is 0. The molecule has 0 spiro atoms. The highest BCUT2D eigenvalue weighted by Gasteiger charge is 2.31. The average molecular weight is 397 g/mol. The Bertz CT molecular complexity index is 867. The van der Waals surface area contributed by atoms with Crippen LogP contribution in [0.25, 0.3) is 0 Å². The van der Waals surface area contributed by atoms with Crippen molar-refractivity contribution in [2.24, 2.45) is 5.92 Å². The Morgan fingerprint density at radius 1 is 0.963 bits per heavy atom. The fraction of sp³-hybridized carbons (Fsp3) is 0.400. The lowest BCUT2D eigenvalue weighted by Crippen LogP contribution is -2.38. The molecule has 0 N–H and O–H groups in total. The zero-order valence-corrected chi connectivity index (χ0v) is 15.9. The van der Waals surface area contributed by atoms with E-state index in [1.54, 1.807) is 24.3 Å². The molecule has 3 rings (SSSR count). The largest absolute Gasteiger partial charge is 0.416 e. The Kier molecular flexibility index (Phi) is 5.63. The van der Waals surface area contributed by atoms with Crippen molar-refractivity contribution in [1.29, 1.82) is 0 Å². The first-order valence-electron chi connectivity index (χ1n) is 8.89. The lowest BCUT2D eigenvalue weighted by atomic mass is 9.91. The standard InChI is InChI=1S/C20H22F3NO2S/c1-15-2-8-19(9-3-15)27(25,26)24-12-10-17(11-13-24)14-16-4-6-18(7-5-16)20(21,22)23/h2-9,17H,10-14H2,1H3. The fourth-order valence-electron chi connectivity index (χ4n) is 3.38. The second-order valence-electron chi connectivity index (χ2n) is 7.06. The van der Waals surface area contributed by atoms with Crippen molar-refractivity contribution in [3.63, 3.8) is 0 Å². The quantitative estimate of drug-likeness (QED) is 0.753. The molecule has 1 heterocycles. The molecule has 0 saturated carbocycles. The van der Waals surface area contributed by atoms with E-state index < -0.39 is 21.8 Å². The van der Waals surface area contributed by atoms with Gasteiger partial charge in [0.05, 0.1) is 10.5 Å². The summed E-state index contributed by atoms with van der Waals surface area (Å²) < 4.78 is 64.8. The molecule has 7 heteroatoms. The van der Waals surface area contributed by atoms with Crippen LogP contribution in [0.15, 0.2) is 53.4 Å². The maximum atomic E-state index is 12.7. The second kappa shape index (κ2) is 7.64. The van der Waals surface area contributed by atoms with E-state index in [4.69, 9.17) is 0 Å². The van der Waals surface area contributed by atoms with Crippen molar-refractivity contribution in [2.75, 3.05) is 13.1 Å². The topological polar surface area (TPSA) is 37.4 Å². The molecule has 2 aromatic rings. The second-order valence-corrected chi connectivity index (χ2v) is 9.00. The molecule has 0 amide bonds. The van der Waals surface area contributed by atoms with Gasteiger partial charge in [-0.15, -0.1) is 0 Å². The molecule has 1 aliphatic rings. The highest BCUT2D eigenvalue weighted by molar-refractivity contribution is 7.89. The van der Waals surface area contributed by atoms with Gasteiger partial charge in [0.2, 0.25) is 10.0 Å². The Hall–Kier alpha value is -1.86. The number of halogens is 3. The number of nitrogens with zero attached hydrogens (tertiary/aromatic N) is 1. The first-order chi connectivity index (χ1) is 12.7. The van der Waals surface area contributed by atoms with Crippen molar-refractivity contribution in [3.05, 3.63) is 65.2 Å². The number of aryl methyl sites for hydroxylation is 1. The molecule has 0 unspecified atom stereocenters. The van der Waals surface area contributed by atoms with Crippen LogP contribution in [0.3, 0.4) is 0 Å². The Balaban J connectivity index is 1.59. The zero-order chi connectivity index (χ0) is 19.7. The molecule has 2 aromatic carbocycles. The predicted octanol–water partition coefficient (Wildman–Crippen LogP) is 4.66. The van der Waals surface area contributed by atoms with E-state index in [0.29, 0.717) is 37.2 Å². The Morgan fingerprint density at radius 2 is 1.52 bits per heavy atom. The van der Waals surface area contributed by atoms with Crippen molar-refractivity contribution in [2.45, 2.75) is 37.3 Å². The summed E-state index contributed by atoms with van der Waals surface area (Å²) in [5, 5.41) is 0. The van der Waals surface area contributed by atoms with Gasteiger partial charge in [-0.25, -0.2) is 8.42 Å². The van der Waals surface area contributed by atoms with Gasteiger partial charge in [0.25, 0.3) is 0 Å². The maximum absolute atomic E-state index is 12.7. The molecule has 0 radical (unpaired) electrons. The molecule has 1 aliphatic heterocycles. The van der Waals surface area contributed by atoms with Gasteiger partial charge in [-0.3, -0.25) is 0 Å². The molecule has 0 aromatic heterocycles. The SMILES string of the molecule is Cc1ccc(S(=O)(=O)N2CCC(Cc3ccc(C(F)(F)F)cc3)CC2)cc1. The number of sulfonamides is 1. The average Bonchev–Trinajstić information content (AvgIpc) is 2.62. The van der Waals surface area contributed by atoms with E-state index in [-0.39, 0.29) is 5.92 Å². The third-order valence-electron chi connectivity index (χ3n) is 5.04. The summed E-state index contributed by atoms with van der Waals surface area (Å²) in [7, 11) is -3.49. The van der Waals surface area contributed by atoms with Gasteiger partial charge in [0.15, 0.2) is 0 Å². The molecule has 3 nitrogen and oxygen atoms in total. The monoisotopic (exact) mass is 397 g/mol. The van der Waals surface area contributed by atoms with Gasteiger partial charge >= 0.3 is 6.18 Å². The first kappa shape index (κ1) is 19.9. The maximum Gasteiger partial charge on any atom is 0.416 e. The Labute approximate surface area is 157 Å². The fourth-order valence-corrected chi connectivity index (χ4v) is 4.85. The van der Waals surface area contributed by atoms with E-state index in [9.17, 15) is 21.6 Å². The number of hydrogen-bond acceptors (Lipinski definition) is 2. The van der Waals surface area contributed by atoms with Crippen LogP contribution in [0.5, 0.6) is 0 Å². The third-order valence-corrected chi connectivity index (χ3v) is 6.95. The van der Waals surface area contributed by atoms with E-state index in [2.05, 4.69) is 0 Å². The molecule has 1 fully saturated rings. The summed E-state index contributed by atoms with van der Waals surface area (Å²) in [6.07, 6.45) is -2.26. The summed E-state index contributed by atoms with van der Waals surface area (Å²) in [5.41, 5.74) is 1.21. The van der Waals surface area contributed by atoms with Gasteiger partial charge in [-0.2, -0.15) is 17.5 Å². The highest BCUT2D eigenvalue weighted by atomic mass is 32.2. The summed E-state index contributed by atoms with van der Waals surface area (Å²) in [6, 6.07) is 12.0. The summed E-state index contributed by atoms with van der Waals surface area (Å²) >= 11 is 0. The van der Waals surface area contributed by atoms with Gasteiger partial charge in [0.1, 0.15) is 0 Å². The molecule has 146 valence electrons. The molecule has 0 bridgehead atoms. The minimum atomic E-state index is -4.33. The minimum absolute atomic E-state index is 0.270. The van der Waals surface area contributed by atoms with Crippen LogP contribution in [0.1, 0.15) is 29.5 Å². The van der Waals surface area contributed by atoms with Gasteiger partial charge in [0, 0.05) is 13.1 Å². The summed E-state index contributed by atoms with van der Waals surface area (Å²) in [4.78, 5) is 0.300. The lowest BCUT2D eigenvalue weighted by Gasteiger charge is -2.31. The van der Waals surface area contributed by atoms with E-state index in [1.807, 2.05) is 6.92 Å². The van der Waals surface area contributed by atoms with Crippen molar-refractivity contribution in [3.8, 4) is 0 Å². The van der Waals surface area contributed by atoms with Crippen LogP contribution in [0.4, 0.5) is 13.2 Å². The molecular weight excluding hydrogens is 375 g/mol. The van der Waals surface area contributed by atoms with Gasteiger partial charge in [-0.05, 0) is 61.9 Å². The normalized spacial score (nSPS) is 17.2. The van der Waals surface area contributed by atoms with Crippen LogP contribution in [-0.2, 0) is 22.6 Å². The zero-order valence-electron chi connectivity index (χ0n) is 15.0. The summed E-state index contributed by atoms with van der Waals surface area (Å²) in [5.74, 6) is 0.270. The first-order valence-corrected chi connectivity index (χ1v) is 10.3. The predicted molar refractivity (Wildman–Crippen MR) is 97.8 cm³/mol. The van der Waals surface area contributed by atoms with E-state index >= 15 is 0 Å². The van der Waals surface area contributed by atoms with Crippen molar-refractivity contribution in [1.82, 2.24) is 4.31 Å². The Morgan fingerprint density at radius 3 is 2.04 bits per heavy atom. The summed E-state index contributed by atoms with van der Waals surface area (Å²) in [6.45, 7) is 2.77. The van der Waals surface area contributed by atoms with Crippen LogP contribution >= 0.6 is 0 Å². The van der Waals surface area contributed by atoms with Crippen LogP contribution in [0, 0.1) is 12.8 Å². The number of rotatable bonds is 4. The van der Waals surface area contributed by atoms with Gasteiger partial charge < -0.3 is 0 Å². The van der Waals surface area contributed by atoms with Crippen LogP contribution < -0.4 is 0 Å². The molecule has 0 aliphatic carbocycles. The number of piperidine rings is 1. The molecular formula is C20H22F3NO2S. The van der Waals surface area contributed by atoms with Crippen LogP contribution in [0.2, 0.25) is 0 Å². The molecule has 1 saturated heterocycles. The molecule has 27 heavy (non-hydrogen) atoms. The van der Waals surface area contributed by atoms with Gasteiger partial charge in [-0.1, -0.05) is 29.8 Å². The minimum Gasteiger partial charge on any atom is -0.207 e. The highest BCUT2D eigenvalue weighted by Crippen LogP contribution is 2.30. The van der Waals surface area contributed by atoms with E-state index in [1.165, 1.54) is 16.4 Å². The van der Waals surface area contributed by atoms with Crippen molar-refractivity contribution < 1.29 is 21.6 Å². The number of alkyl halides is 3. The van der Waals surface area contributed by atoms with Crippen molar-refractivity contribution >= 4 is 10.0 Å². The number of benzene rings is 2. The lowest BCUT2D eigenvalue weighted by molar-refractivity contribution is -0.137. The third kappa shape index (κ3) is 4.71. The van der Waals surface area contributed by atoms with Crippen LogP contribution in [-0.4, -0.2) is 25.8 Å². The smallest absolute Gasteiger partial charge is 0.207 e.